The van der Waals surface area contributed by atoms with Gasteiger partial charge in [-0.05, 0) is 29.8 Å². The average molecular weight is 337 g/mol. The zero-order valence-corrected chi connectivity index (χ0v) is 13.6. The molecule has 0 saturated carbocycles. The Morgan fingerprint density at radius 3 is 2.84 bits per heavy atom. The summed E-state index contributed by atoms with van der Waals surface area (Å²) in [5.41, 5.74) is 7.92. The third kappa shape index (κ3) is 4.46. The highest BCUT2D eigenvalue weighted by Crippen LogP contribution is 2.19. The van der Waals surface area contributed by atoms with Crippen molar-refractivity contribution in [2.24, 2.45) is 5.73 Å². The van der Waals surface area contributed by atoms with Gasteiger partial charge in [-0.15, -0.1) is 0 Å². The zero-order chi connectivity index (χ0) is 17.5. The largest absolute Gasteiger partial charge is 0.392 e. The van der Waals surface area contributed by atoms with Gasteiger partial charge in [0.05, 0.1) is 6.61 Å². The second-order valence-electron chi connectivity index (χ2n) is 5.26. The number of rotatable bonds is 7. The van der Waals surface area contributed by atoms with Gasteiger partial charge in [-0.2, -0.15) is 4.98 Å². The molecular weight excluding hydrogens is 318 g/mol. The molecule has 1 aromatic carbocycles. The molecule has 0 aliphatic heterocycles. The van der Waals surface area contributed by atoms with Gasteiger partial charge in [0.2, 0.25) is 5.95 Å². The molecule has 2 aromatic heterocycles. The minimum atomic E-state index is -0.0203. The van der Waals surface area contributed by atoms with Crippen LogP contribution in [0.2, 0.25) is 0 Å². The molecule has 0 fully saturated rings. The fourth-order valence-corrected chi connectivity index (χ4v) is 2.24. The van der Waals surface area contributed by atoms with Gasteiger partial charge < -0.3 is 21.5 Å². The van der Waals surface area contributed by atoms with Crippen molar-refractivity contribution in [2.45, 2.75) is 6.61 Å². The van der Waals surface area contributed by atoms with E-state index in [-0.39, 0.29) is 6.61 Å². The van der Waals surface area contributed by atoms with Crippen molar-refractivity contribution in [3.63, 3.8) is 0 Å². The molecule has 0 amide bonds. The first-order valence-corrected chi connectivity index (χ1v) is 7.84. The Morgan fingerprint density at radius 2 is 2.00 bits per heavy atom. The molecule has 0 radical (unpaired) electrons. The number of aliphatic hydroxyl groups is 1. The molecule has 8 heteroatoms. The van der Waals surface area contributed by atoms with Gasteiger partial charge in [0.1, 0.15) is 12.1 Å². The Kier molecular flexibility index (Phi) is 5.45. The summed E-state index contributed by atoms with van der Waals surface area (Å²) in [4.78, 5) is 17.0. The van der Waals surface area contributed by atoms with Crippen LogP contribution in [0.3, 0.4) is 0 Å². The van der Waals surface area contributed by atoms with Crippen LogP contribution in [-0.2, 0) is 6.61 Å². The second kappa shape index (κ2) is 8.13. The van der Waals surface area contributed by atoms with Crippen LogP contribution in [0.1, 0.15) is 5.56 Å². The van der Waals surface area contributed by atoms with E-state index in [1.54, 1.807) is 6.20 Å². The molecule has 0 spiro atoms. The Labute approximate surface area is 145 Å². The van der Waals surface area contributed by atoms with Crippen LogP contribution in [0, 0.1) is 0 Å². The summed E-state index contributed by atoms with van der Waals surface area (Å²) in [5.74, 6) is 1.68. The first-order chi connectivity index (χ1) is 12.3. The van der Waals surface area contributed by atoms with Gasteiger partial charge in [0.25, 0.3) is 0 Å². The molecule has 0 atom stereocenters. The van der Waals surface area contributed by atoms with Crippen molar-refractivity contribution >= 4 is 17.5 Å². The number of aromatic nitrogens is 4. The maximum atomic E-state index is 9.22. The Hall–Kier alpha value is -3.10. The minimum Gasteiger partial charge on any atom is -0.392 e. The molecule has 5 N–H and O–H groups in total. The fraction of sp³-hybridized carbons (Fsp3) is 0.176. The first-order valence-electron chi connectivity index (χ1n) is 7.84. The van der Waals surface area contributed by atoms with E-state index in [1.165, 1.54) is 6.33 Å². The highest BCUT2D eigenvalue weighted by atomic mass is 16.3. The number of nitrogens with two attached hydrogens (primary N) is 1. The minimum absolute atomic E-state index is 0.0203. The SMILES string of the molecule is NCCNc1cc(-c2ncnc(Nc3cccc(CO)c3)n2)ccn1. The van der Waals surface area contributed by atoms with E-state index in [0.717, 1.165) is 16.8 Å². The van der Waals surface area contributed by atoms with Crippen molar-refractivity contribution < 1.29 is 5.11 Å². The summed E-state index contributed by atoms with van der Waals surface area (Å²) in [6.45, 7) is 1.15. The van der Waals surface area contributed by atoms with E-state index < -0.39 is 0 Å². The van der Waals surface area contributed by atoms with E-state index in [0.29, 0.717) is 30.7 Å². The van der Waals surface area contributed by atoms with E-state index in [1.807, 2.05) is 36.4 Å². The van der Waals surface area contributed by atoms with Crippen molar-refractivity contribution in [1.82, 2.24) is 19.9 Å². The Bertz CT molecular complexity index is 840. The third-order valence-corrected chi connectivity index (χ3v) is 3.41. The predicted octanol–water partition coefficient (Wildman–Crippen LogP) is 1.54. The number of anilines is 3. The summed E-state index contributed by atoms with van der Waals surface area (Å²) < 4.78 is 0. The molecule has 128 valence electrons. The van der Waals surface area contributed by atoms with Crippen LogP contribution >= 0.6 is 0 Å². The van der Waals surface area contributed by atoms with Crippen LogP contribution < -0.4 is 16.4 Å². The van der Waals surface area contributed by atoms with E-state index in [9.17, 15) is 5.11 Å². The number of nitrogens with zero attached hydrogens (tertiary/aromatic N) is 4. The lowest BCUT2D eigenvalue weighted by atomic mass is 10.2. The fourth-order valence-electron chi connectivity index (χ4n) is 2.24. The average Bonchev–Trinajstić information content (AvgIpc) is 2.67. The van der Waals surface area contributed by atoms with E-state index in [2.05, 4.69) is 30.6 Å². The Balaban J connectivity index is 1.81. The summed E-state index contributed by atoms with van der Waals surface area (Å²) in [7, 11) is 0. The summed E-state index contributed by atoms with van der Waals surface area (Å²) in [6, 6.07) is 11.1. The van der Waals surface area contributed by atoms with Gasteiger partial charge in [-0.3, -0.25) is 0 Å². The van der Waals surface area contributed by atoms with Crippen molar-refractivity contribution in [2.75, 3.05) is 23.7 Å². The van der Waals surface area contributed by atoms with E-state index in [4.69, 9.17) is 5.73 Å². The lowest BCUT2D eigenvalue weighted by Crippen LogP contribution is -2.13. The molecule has 0 unspecified atom stereocenters. The van der Waals surface area contributed by atoms with Crippen LogP contribution in [0.15, 0.2) is 48.9 Å². The van der Waals surface area contributed by atoms with Crippen molar-refractivity contribution in [1.29, 1.82) is 0 Å². The number of hydrogen-bond donors (Lipinski definition) is 4. The maximum Gasteiger partial charge on any atom is 0.230 e. The summed E-state index contributed by atoms with van der Waals surface area (Å²) >= 11 is 0. The lowest BCUT2D eigenvalue weighted by Gasteiger charge is -2.08. The molecule has 3 aromatic rings. The molecule has 25 heavy (non-hydrogen) atoms. The smallest absolute Gasteiger partial charge is 0.230 e. The van der Waals surface area contributed by atoms with E-state index >= 15 is 0 Å². The standard InChI is InChI=1S/C17H19N7O/c18-5-7-20-15-9-13(4-6-19-15)16-21-11-22-17(24-16)23-14-3-1-2-12(8-14)10-25/h1-4,6,8-9,11,25H,5,7,10,18H2,(H,19,20)(H,21,22,23,24). The van der Waals surface area contributed by atoms with Gasteiger partial charge in [0, 0.05) is 30.5 Å². The van der Waals surface area contributed by atoms with Crippen molar-refractivity contribution in [3.8, 4) is 11.4 Å². The normalized spacial score (nSPS) is 10.5. The molecule has 0 saturated heterocycles. The summed E-state index contributed by atoms with van der Waals surface area (Å²) in [5, 5.41) is 15.5. The molecular formula is C17H19N7O. The number of pyridine rings is 1. The van der Waals surface area contributed by atoms with Crippen LogP contribution in [-0.4, -0.2) is 38.1 Å². The van der Waals surface area contributed by atoms with Gasteiger partial charge in [0.15, 0.2) is 5.82 Å². The third-order valence-electron chi connectivity index (χ3n) is 3.41. The van der Waals surface area contributed by atoms with Crippen LogP contribution in [0.5, 0.6) is 0 Å². The highest BCUT2D eigenvalue weighted by molar-refractivity contribution is 5.61. The highest BCUT2D eigenvalue weighted by Gasteiger charge is 2.06. The zero-order valence-electron chi connectivity index (χ0n) is 13.6. The molecule has 0 bridgehead atoms. The quantitative estimate of drug-likeness (QED) is 0.512. The molecule has 0 aliphatic carbocycles. The van der Waals surface area contributed by atoms with Crippen LogP contribution in [0.4, 0.5) is 17.5 Å². The molecule has 0 aliphatic rings. The summed E-state index contributed by atoms with van der Waals surface area (Å²) in [6.07, 6.45) is 3.14. The molecule has 2 heterocycles. The maximum absolute atomic E-state index is 9.22. The van der Waals surface area contributed by atoms with Gasteiger partial charge in [-0.1, -0.05) is 12.1 Å². The Morgan fingerprint density at radius 1 is 1.08 bits per heavy atom. The topological polar surface area (TPSA) is 122 Å². The van der Waals surface area contributed by atoms with Gasteiger partial charge in [-0.25, -0.2) is 15.0 Å². The number of benzene rings is 1. The predicted molar refractivity (Wildman–Crippen MR) is 96.2 cm³/mol. The molecule has 8 nitrogen and oxygen atoms in total. The van der Waals surface area contributed by atoms with Crippen LogP contribution in [0.25, 0.3) is 11.4 Å². The van der Waals surface area contributed by atoms with Crippen molar-refractivity contribution in [3.05, 3.63) is 54.5 Å². The number of hydrogen-bond acceptors (Lipinski definition) is 8. The monoisotopic (exact) mass is 337 g/mol. The number of nitrogens with one attached hydrogen (secondary N) is 2. The first kappa shape index (κ1) is 16.7. The lowest BCUT2D eigenvalue weighted by molar-refractivity contribution is 0.282. The molecule has 3 rings (SSSR count). The van der Waals surface area contributed by atoms with Gasteiger partial charge >= 0.3 is 0 Å². The second-order valence-corrected chi connectivity index (χ2v) is 5.26. The number of aliphatic hydroxyl groups excluding tert-OH is 1.